The highest BCUT2D eigenvalue weighted by molar-refractivity contribution is 7.13. The highest BCUT2D eigenvalue weighted by Gasteiger charge is 2.24. The number of amides is 1. The first-order chi connectivity index (χ1) is 11.1. The van der Waals surface area contributed by atoms with E-state index >= 15 is 0 Å². The maximum atomic E-state index is 13.8. The van der Waals surface area contributed by atoms with E-state index in [9.17, 15) is 13.6 Å². The fourth-order valence-corrected chi connectivity index (χ4v) is 3.53. The molecule has 122 valence electrons. The molecular formula is C16H17F2N3OS. The molecule has 7 heteroatoms. The third kappa shape index (κ3) is 3.40. The van der Waals surface area contributed by atoms with Gasteiger partial charge in [0.05, 0.1) is 5.56 Å². The van der Waals surface area contributed by atoms with Gasteiger partial charge < -0.3 is 10.6 Å². The van der Waals surface area contributed by atoms with E-state index in [-0.39, 0.29) is 34.3 Å². The molecular weight excluding hydrogens is 320 g/mol. The van der Waals surface area contributed by atoms with Crippen molar-refractivity contribution in [3.8, 4) is 10.6 Å². The van der Waals surface area contributed by atoms with Crippen LogP contribution in [0.5, 0.6) is 0 Å². The Hall–Kier alpha value is -1.86. The molecule has 0 spiro atoms. The first kappa shape index (κ1) is 16.0. The van der Waals surface area contributed by atoms with Gasteiger partial charge in [0.1, 0.15) is 22.3 Å². The van der Waals surface area contributed by atoms with Crippen LogP contribution in [0.3, 0.4) is 0 Å². The van der Waals surface area contributed by atoms with E-state index in [1.807, 2.05) is 6.92 Å². The van der Waals surface area contributed by atoms with Gasteiger partial charge in [-0.2, -0.15) is 0 Å². The third-order valence-electron chi connectivity index (χ3n) is 3.99. The van der Waals surface area contributed by atoms with Crippen LogP contribution in [0.2, 0.25) is 0 Å². The average molecular weight is 337 g/mol. The second-order valence-electron chi connectivity index (χ2n) is 5.60. The first-order valence-corrected chi connectivity index (χ1v) is 8.38. The van der Waals surface area contributed by atoms with Gasteiger partial charge in [0.25, 0.3) is 5.91 Å². The summed E-state index contributed by atoms with van der Waals surface area (Å²) in [6, 6.07) is 3.87. The highest BCUT2D eigenvalue weighted by Crippen LogP contribution is 2.28. The Bertz CT molecular complexity index is 699. The summed E-state index contributed by atoms with van der Waals surface area (Å²) >= 11 is 1.05. The van der Waals surface area contributed by atoms with Crippen molar-refractivity contribution in [2.45, 2.75) is 31.8 Å². The molecule has 1 saturated heterocycles. The molecule has 0 saturated carbocycles. The molecule has 1 aliphatic rings. The van der Waals surface area contributed by atoms with E-state index in [1.165, 1.54) is 23.6 Å². The van der Waals surface area contributed by atoms with E-state index in [2.05, 4.69) is 15.6 Å². The number of benzene rings is 1. The zero-order valence-electron chi connectivity index (χ0n) is 12.6. The zero-order valence-corrected chi connectivity index (χ0v) is 13.4. The van der Waals surface area contributed by atoms with Gasteiger partial charge in [-0.3, -0.25) is 4.79 Å². The van der Waals surface area contributed by atoms with Crippen molar-refractivity contribution in [2.75, 3.05) is 6.54 Å². The Morgan fingerprint density at radius 3 is 2.83 bits per heavy atom. The van der Waals surface area contributed by atoms with Gasteiger partial charge in [-0.1, -0.05) is 6.07 Å². The molecule has 1 amide bonds. The van der Waals surface area contributed by atoms with Gasteiger partial charge in [0.15, 0.2) is 0 Å². The van der Waals surface area contributed by atoms with Crippen molar-refractivity contribution in [3.05, 3.63) is 40.9 Å². The quantitative estimate of drug-likeness (QED) is 0.905. The van der Waals surface area contributed by atoms with Crippen LogP contribution >= 0.6 is 11.3 Å². The fourth-order valence-electron chi connectivity index (χ4n) is 2.68. The van der Waals surface area contributed by atoms with E-state index in [1.54, 1.807) is 0 Å². The number of hydrogen-bond donors (Lipinski definition) is 2. The number of carbonyl (C=O) groups is 1. The summed E-state index contributed by atoms with van der Waals surface area (Å²) in [7, 11) is 0. The molecule has 2 N–H and O–H groups in total. The number of rotatable bonds is 3. The lowest BCUT2D eigenvalue weighted by Gasteiger charge is -2.30. The minimum Gasteiger partial charge on any atom is -0.346 e. The summed E-state index contributed by atoms with van der Waals surface area (Å²) in [5.41, 5.74) is -0.00493. The fraction of sp³-hybridized carbons (Fsp3) is 0.375. The van der Waals surface area contributed by atoms with Crippen LogP contribution in [0.15, 0.2) is 23.6 Å². The molecule has 0 aliphatic carbocycles. The van der Waals surface area contributed by atoms with Crippen LogP contribution < -0.4 is 10.6 Å². The van der Waals surface area contributed by atoms with Gasteiger partial charge in [0.2, 0.25) is 0 Å². The summed E-state index contributed by atoms with van der Waals surface area (Å²) in [6.07, 6.45) is 1.90. The summed E-state index contributed by atoms with van der Waals surface area (Å²) in [6.45, 7) is 2.96. The summed E-state index contributed by atoms with van der Waals surface area (Å²) < 4.78 is 27.6. The van der Waals surface area contributed by atoms with Crippen LogP contribution in [0.1, 0.15) is 30.3 Å². The van der Waals surface area contributed by atoms with Crippen molar-refractivity contribution in [1.29, 1.82) is 0 Å². The normalized spacial score (nSPS) is 21.2. The molecule has 3 rings (SSSR count). The van der Waals surface area contributed by atoms with E-state index in [0.29, 0.717) is 0 Å². The van der Waals surface area contributed by atoms with Crippen molar-refractivity contribution < 1.29 is 13.6 Å². The molecule has 0 bridgehead atoms. The second kappa shape index (κ2) is 6.72. The largest absolute Gasteiger partial charge is 0.346 e. The molecule has 2 atom stereocenters. The minimum atomic E-state index is -0.684. The van der Waals surface area contributed by atoms with Gasteiger partial charge in [-0.05, 0) is 38.4 Å². The minimum absolute atomic E-state index is 0.0339. The number of nitrogens with one attached hydrogen (secondary N) is 2. The molecule has 1 aliphatic heterocycles. The Kier molecular flexibility index (Phi) is 4.68. The number of aromatic nitrogens is 1. The molecule has 1 aromatic carbocycles. The summed E-state index contributed by atoms with van der Waals surface area (Å²) in [5, 5.41) is 7.93. The van der Waals surface area contributed by atoms with Gasteiger partial charge in [-0.25, -0.2) is 13.8 Å². The molecule has 2 heterocycles. The lowest BCUT2D eigenvalue weighted by Crippen LogP contribution is -2.51. The summed E-state index contributed by atoms with van der Waals surface area (Å²) in [4.78, 5) is 16.4. The van der Waals surface area contributed by atoms with Crippen molar-refractivity contribution >= 4 is 17.2 Å². The first-order valence-electron chi connectivity index (χ1n) is 7.50. The molecule has 0 radical (unpaired) electrons. The monoisotopic (exact) mass is 337 g/mol. The number of nitrogens with zero attached hydrogens (tertiary/aromatic N) is 1. The van der Waals surface area contributed by atoms with Crippen LogP contribution in [0, 0.1) is 11.6 Å². The van der Waals surface area contributed by atoms with E-state index in [0.717, 1.165) is 30.7 Å². The predicted molar refractivity (Wildman–Crippen MR) is 85.4 cm³/mol. The lowest BCUT2D eigenvalue weighted by molar-refractivity contribution is 0.0915. The zero-order chi connectivity index (χ0) is 16.4. The number of hydrogen-bond acceptors (Lipinski definition) is 4. The standard InChI is InChI=1S/C16H17F2N3OS/c1-9-12(6-3-7-19-9)20-15(22)13-8-23-16(21-13)14-10(17)4-2-5-11(14)18/h2,4-5,8-9,12,19H,3,6-7H2,1H3,(H,20,22). The maximum absolute atomic E-state index is 13.8. The SMILES string of the molecule is CC1NCCCC1NC(=O)c1csc(-c2c(F)cccc2F)n1. The molecule has 23 heavy (non-hydrogen) atoms. The van der Waals surface area contributed by atoms with Crippen LogP contribution in [-0.2, 0) is 0 Å². The van der Waals surface area contributed by atoms with Gasteiger partial charge >= 0.3 is 0 Å². The van der Waals surface area contributed by atoms with Crippen molar-refractivity contribution in [3.63, 3.8) is 0 Å². The van der Waals surface area contributed by atoms with Crippen LogP contribution in [0.25, 0.3) is 10.6 Å². The van der Waals surface area contributed by atoms with Gasteiger partial charge in [0, 0.05) is 17.5 Å². The molecule has 1 fully saturated rings. The molecule has 4 nitrogen and oxygen atoms in total. The van der Waals surface area contributed by atoms with Crippen molar-refractivity contribution in [2.24, 2.45) is 0 Å². The van der Waals surface area contributed by atoms with Gasteiger partial charge in [-0.15, -0.1) is 11.3 Å². The molecule has 2 aromatic rings. The Labute approximate surface area is 136 Å². The summed E-state index contributed by atoms with van der Waals surface area (Å²) in [5.74, 6) is -1.68. The number of carbonyl (C=O) groups excluding carboxylic acids is 1. The Morgan fingerprint density at radius 1 is 1.39 bits per heavy atom. The topological polar surface area (TPSA) is 54.0 Å². The average Bonchev–Trinajstić information content (AvgIpc) is 2.99. The molecule has 1 aromatic heterocycles. The third-order valence-corrected chi connectivity index (χ3v) is 4.85. The highest BCUT2D eigenvalue weighted by atomic mass is 32.1. The Morgan fingerprint density at radius 2 is 2.13 bits per heavy atom. The van der Waals surface area contributed by atoms with Crippen LogP contribution in [-0.4, -0.2) is 29.5 Å². The van der Waals surface area contributed by atoms with Crippen molar-refractivity contribution in [1.82, 2.24) is 15.6 Å². The predicted octanol–water partition coefficient (Wildman–Crippen LogP) is 2.96. The maximum Gasteiger partial charge on any atom is 0.271 e. The number of piperidine rings is 1. The van der Waals surface area contributed by atoms with Crippen LogP contribution in [0.4, 0.5) is 8.78 Å². The molecule has 2 unspecified atom stereocenters. The number of thiazole rings is 1. The lowest BCUT2D eigenvalue weighted by atomic mass is 10.00. The number of halogens is 2. The van der Waals surface area contributed by atoms with E-state index < -0.39 is 11.6 Å². The second-order valence-corrected chi connectivity index (χ2v) is 6.46. The Balaban J connectivity index is 1.77. The smallest absolute Gasteiger partial charge is 0.271 e. The van der Waals surface area contributed by atoms with E-state index in [4.69, 9.17) is 0 Å².